The molecule has 0 spiro atoms. The Morgan fingerprint density at radius 1 is 1.29 bits per heavy atom. The summed E-state index contributed by atoms with van der Waals surface area (Å²) >= 11 is 0. The minimum absolute atomic E-state index is 0.0272. The van der Waals surface area contributed by atoms with Crippen LogP contribution in [0.4, 0.5) is 8.78 Å². The highest BCUT2D eigenvalue weighted by Gasteiger charge is 2.39. The van der Waals surface area contributed by atoms with Gasteiger partial charge >= 0.3 is 5.97 Å². The fraction of sp³-hybridized carbons (Fsp3) is 0.462. The fourth-order valence-electron chi connectivity index (χ4n) is 2.39. The molecule has 1 saturated carbocycles. The van der Waals surface area contributed by atoms with Crippen molar-refractivity contribution in [2.45, 2.75) is 30.6 Å². The van der Waals surface area contributed by atoms with E-state index in [-0.39, 0.29) is 17.9 Å². The fourth-order valence-corrected chi connectivity index (χ4v) is 3.56. The van der Waals surface area contributed by atoms with Gasteiger partial charge in [-0.2, -0.15) is 0 Å². The molecule has 5 nitrogen and oxygen atoms in total. The van der Waals surface area contributed by atoms with Crippen molar-refractivity contribution in [1.29, 1.82) is 0 Å². The van der Waals surface area contributed by atoms with Crippen LogP contribution in [0, 0.1) is 17.0 Å². The quantitative estimate of drug-likeness (QED) is 0.839. The molecule has 2 rings (SSSR count). The average molecular weight is 319 g/mol. The second-order valence-electron chi connectivity index (χ2n) is 5.32. The highest BCUT2D eigenvalue weighted by atomic mass is 32.2. The standard InChI is InChI=1S/C13H15F2NO4S/c14-10-3-2-9(6-11(10)15)21(19,20)16-8-13(4-1-5-13)7-12(17)18/h2-3,6,16H,1,4-5,7-8H2,(H,17,18). The molecule has 1 aromatic rings. The van der Waals surface area contributed by atoms with Gasteiger partial charge in [0, 0.05) is 6.54 Å². The van der Waals surface area contributed by atoms with Crippen molar-refractivity contribution in [1.82, 2.24) is 4.72 Å². The second-order valence-corrected chi connectivity index (χ2v) is 7.09. The highest BCUT2D eigenvalue weighted by Crippen LogP contribution is 2.43. The van der Waals surface area contributed by atoms with E-state index in [1.54, 1.807) is 0 Å². The zero-order valence-corrected chi connectivity index (χ0v) is 11.9. The van der Waals surface area contributed by atoms with Crippen LogP contribution in [-0.4, -0.2) is 26.0 Å². The van der Waals surface area contributed by atoms with Gasteiger partial charge in [0.1, 0.15) is 0 Å². The lowest BCUT2D eigenvalue weighted by Crippen LogP contribution is -2.43. The number of halogens is 2. The number of carbonyl (C=O) groups is 1. The van der Waals surface area contributed by atoms with E-state index in [1.165, 1.54) is 0 Å². The van der Waals surface area contributed by atoms with Crippen molar-refractivity contribution in [3.63, 3.8) is 0 Å². The van der Waals surface area contributed by atoms with Crippen LogP contribution in [0.15, 0.2) is 23.1 Å². The van der Waals surface area contributed by atoms with Crippen LogP contribution in [0.25, 0.3) is 0 Å². The van der Waals surface area contributed by atoms with E-state index >= 15 is 0 Å². The maximum atomic E-state index is 13.1. The summed E-state index contributed by atoms with van der Waals surface area (Å²) in [5.41, 5.74) is -0.586. The topological polar surface area (TPSA) is 83.5 Å². The molecule has 0 saturated heterocycles. The largest absolute Gasteiger partial charge is 0.481 e. The third kappa shape index (κ3) is 3.56. The van der Waals surface area contributed by atoms with Crippen LogP contribution < -0.4 is 4.72 Å². The van der Waals surface area contributed by atoms with Gasteiger partial charge in [-0.25, -0.2) is 21.9 Å². The Labute approximate surface area is 121 Å². The number of aliphatic carboxylic acids is 1. The molecule has 1 aliphatic rings. The summed E-state index contributed by atoms with van der Waals surface area (Å²) in [4.78, 5) is 10.4. The van der Waals surface area contributed by atoms with Crippen LogP contribution in [-0.2, 0) is 14.8 Å². The number of carboxylic acid groups (broad SMARTS) is 1. The number of benzene rings is 1. The van der Waals surface area contributed by atoms with Gasteiger partial charge in [-0.1, -0.05) is 6.42 Å². The molecule has 116 valence electrons. The Bertz CT molecular complexity index is 656. The number of carboxylic acids is 1. The molecule has 1 fully saturated rings. The molecule has 21 heavy (non-hydrogen) atoms. The SMILES string of the molecule is O=C(O)CC1(CNS(=O)(=O)c2ccc(F)c(F)c2)CCC1. The van der Waals surface area contributed by atoms with E-state index < -0.39 is 33.0 Å². The Morgan fingerprint density at radius 3 is 2.43 bits per heavy atom. The summed E-state index contributed by atoms with van der Waals surface area (Å²) in [5.74, 6) is -3.36. The molecule has 0 aliphatic heterocycles. The van der Waals surface area contributed by atoms with Gasteiger partial charge in [-0.3, -0.25) is 4.79 Å². The van der Waals surface area contributed by atoms with Crippen molar-refractivity contribution in [3.8, 4) is 0 Å². The van der Waals surface area contributed by atoms with Gasteiger partial charge in [-0.05, 0) is 36.5 Å². The molecule has 0 amide bonds. The summed E-state index contributed by atoms with van der Waals surface area (Å²) in [5, 5.41) is 8.86. The predicted molar refractivity (Wildman–Crippen MR) is 70.1 cm³/mol. The van der Waals surface area contributed by atoms with Gasteiger partial charge in [0.05, 0.1) is 11.3 Å². The number of nitrogens with one attached hydrogen (secondary N) is 1. The maximum Gasteiger partial charge on any atom is 0.303 e. The molecule has 8 heteroatoms. The van der Waals surface area contributed by atoms with Crippen molar-refractivity contribution >= 4 is 16.0 Å². The molecule has 1 aromatic carbocycles. The molecule has 0 radical (unpaired) electrons. The van der Waals surface area contributed by atoms with Crippen molar-refractivity contribution < 1.29 is 27.1 Å². The molecule has 0 heterocycles. The second kappa shape index (κ2) is 5.69. The normalized spacial score (nSPS) is 17.2. The predicted octanol–water partition coefficient (Wildman–Crippen LogP) is 1.89. The van der Waals surface area contributed by atoms with Crippen LogP contribution >= 0.6 is 0 Å². The first-order chi connectivity index (χ1) is 9.74. The minimum Gasteiger partial charge on any atom is -0.481 e. The van der Waals surface area contributed by atoms with Gasteiger partial charge in [0.25, 0.3) is 0 Å². The first-order valence-corrected chi connectivity index (χ1v) is 7.89. The van der Waals surface area contributed by atoms with E-state index in [4.69, 9.17) is 5.11 Å². The Balaban J connectivity index is 2.10. The van der Waals surface area contributed by atoms with E-state index in [0.29, 0.717) is 18.9 Å². The van der Waals surface area contributed by atoms with E-state index in [1.807, 2.05) is 0 Å². The summed E-state index contributed by atoms with van der Waals surface area (Å²) < 4.78 is 52.2. The average Bonchev–Trinajstić information content (AvgIpc) is 2.35. The smallest absolute Gasteiger partial charge is 0.303 e. The molecular formula is C13H15F2NO4S. The lowest BCUT2D eigenvalue weighted by atomic mass is 9.67. The summed E-state index contributed by atoms with van der Waals surface area (Å²) in [6.07, 6.45) is 1.98. The van der Waals surface area contributed by atoms with Gasteiger partial charge in [0.2, 0.25) is 10.0 Å². The maximum absolute atomic E-state index is 13.1. The zero-order valence-electron chi connectivity index (χ0n) is 11.1. The number of hydrogen-bond donors (Lipinski definition) is 2. The Kier molecular flexibility index (Phi) is 4.29. The summed E-state index contributed by atoms with van der Waals surface area (Å²) in [6.45, 7) is -0.0272. The number of hydrogen-bond acceptors (Lipinski definition) is 3. The first kappa shape index (κ1) is 15.8. The third-order valence-corrected chi connectivity index (χ3v) is 5.18. The van der Waals surface area contributed by atoms with Crippen LogP contribution in [0.1, 0.15) is 25.7 Å². The molecule has 0 atom stereocenters. The summed E-state index contributed by atoms with van der Waals surface area (Å²) in [7, 11) is -3.99. The lowest BCUT2D eigenvalue weighted by Gasteiger charge is -2.40. The molecular weight excluding hydrogens is 304 g/mol. The molecule has 0 aromatic heterocycles. The summed E-state index contributed by atoms with van der Waals surface area (Å²) in [6, 6.07) is 2.30. The van der Waals surface area contributed by atoms with Crippen molar-refractivity contribution in [2.24, 2.45) is 5.41 Å². The number of rotatable bonds is 6. The molecule has 2 N–H and O–H groups in total. The van der Waals surface area contributed by atoms with E-state index in [9.17, 15) is 22.0 Å². The number of sulfonamides is 1. The molecule has 1 aliphatic carbocycles. The monoisotopic (exact) mass is 319 g/mol. The van der Waals surface area contributed by atoms with Crippen molar-refractivity contribution in [2.75, 3.05) is 6.54 Å². The van der Waals surface area contributed by atoms with Gasteiger partial charge < -0.3 is 5.11 Å². The zero-order chi connectivity index (χ0) is 15.7. The minimum atomic E-state index is -3.99. The van der Waals surface area contributed by atoms with Crippen molar-refractivity contribution in [3.05, 3.63) is 29.8 Å². The first-order valence-electron chi connectivity index (χ1n) is 6.41. The molecule has 0 bridgehead atoms. The molecule has 0 unspecified atom stereocenters. The van der Waals surface area contributed by atoms with Crippen LogP contribution in [0.2, 0.25) is 0 Å². The lowest BCUT2D eigenvalue weighted by molar-refractivity contribution is -0.141. The van der Waals surface area contributed by atoms with Crippen LogP contribution in [0.3, 0.4) is 0 Å². The third-order valence-electron chi connectivity index (χ3n) is 3.78. The van der Waals surface area contributed by atoms with Crippen LogP contribution in [0.5, 0.6) is 0 Å². The van der Waals surface area contributed by atoms with E-state index in [2.05, 4.69) is 4.72 Å². The van der Waals surface area contributed by atoms with Gasteiger partial charge in [0.15, 0.2) is 11.6 Å². The van der Waals surface area contributed by atoms with Gasteiger partial charge in [-0.15, -0.1) is 0 Å². The van der Waals surface area contributed by atoms with E-state index in [0.717, 1.165) is 18.6 Å². The Morgan fingerprint density at radius 2 is 1.95 bits per heavy atom. The highest BCUT2D eigenvalue weighted by molar-refractivity contribution is 7.89. The Hall–Kier alpha value is -1.54.